The molecule has 0 bridgehead atoms. The van der Waals surface area contributed by atoms with Crippen LogP contribution in [0, 0.1) is 16.2 Å². The second-order valence-electron chi connectivity index (χ2n) is 20.0. The van der Waals surface area contributed by atoms with Crippen molar-refractivity contribution in [3.05, 3.63) is 197 Å². The van der Waals surface area contributed by atoms with Crippen LogP contribution in [0.5, 0.6) is 0 Å². The second kappa shape index (κ2) is 28.1. The minimum atomic E-state index is -1.01. The molecule has 3 unspecified atom stereocenters. The number of esters is 1. The topological polar surface area (TPSA) is 201 Å². The number of carboxylic acids is 2. The molecule has 3 atom stereocenters. The lowest BCUT2D eigenvalue weighted by Gasteiger charge is -2.32. The number of ether oxygens (including phenoxy) is 2. The summed E-state index contributed by atoms with van der Waals surface area (Å²) in [4.78, 5) is 51.0. The van der Waals surface area contributed by atoms with Crippen molar-refractivity contribution in [1.29, 1.82) is 0 Å². The number of hydrogen-bond donors (Lipinski definition) is 4. The summed E-state index contributed by atoms with van der Waals surface area (Å²) in [5.41, 5.74) is 10.1. The van der Waals surface area contributed by atoms with E-state index in [1.165, 1.54) is 14.0 Å². The summed E-state index contributed by atoms with van der Waals surface area (Å²) < 4.78 is 10.2. The van der Waals surface area contributed by atoms with Gasteiger partial charge in [-0.2, -0.15) is 0 Å². The third-order valence-electron chi connectivity index (χ3n) is 12.1. The van der Waals surface area contributed by atoms with E-state index in [1.54, 1.807) is 60.6 Å². The van der Waals surface area contributed by atoms with Crippen molar-refractivity contribution in [3.63, 3.8) is 0 Å². The highest BCUT2D eigenvalue weighted by Crippen LogP contribution is 2.44. The number of nitrogens with one attached hydrogen (secondary N) is 1. The largest absolute Gasteiger partial charge is 0.594 e. The Morgan fingerprint density at radius 3 is 1.15 bits per heavy atom. The molecule has 13 heteroatoms. The third kappa shape index (κ3) is 17.7. The molecule has 74 heavy (non-hydrogen) atoms. The Balaban J connectivity index is 0.000000549. The Hall–Kier alpha value is -7.44. The number of amides is 1. The van der Waals surface area contributed by atoms with Crippen LogP contribution in [0.3, 0.4) is 0 Å². The first-order chi connectivity index (χ1) is 33.3. The van der Waals surface area contributed by atoms with Gasteiger partial charge in [0.15, 0.2) is 6.08 Å². The molecule has 6 rings (SSSR count). The summed E-state index contributed by atoms with van der Waals surface area (Å²) in [7, 11) is 1.41. The van der Waals surface area contributed by atoms with E-state index in [0.717, 1.165) is 39.1 Å². The van der Waals surface area contributed by atoms with E-state index >= 15 is 0 Å². The van der Waals surface area contributed by atoms with Crippen LogP contribution in [0.2, 0.25) is 0 Å². The zero-order valence-electron chi connectivity index (χ0n) is 43.0. The Morgan fingerprint density at radius 1 is 0.527 bits per heavy atom. The van der Waals surface area contributed by atoms with Crippen LogP contribution in [0.4, 0.5) is 17.1 Å². The van der Waals surface area contributed by atoms with Crippen LogP contribution in [-0.4, -0.2) is 52.8 Å². The standard InChI is InChI=1S/C22H27NO4.C20H23NO3.C17H19NO2.2CH4.ClH/c1-21(2,3)27-20(26)23-17-13-11-16(12-14-17)18(22(4,5)19(24)25)15-9-7-6-8-10-15;1-14(22)21-17-12-10-16(11-13-17)18(15-8-6-5-7-9-15)20(2,3)19(23)24-4;1-17(2,16(19)20)15(12-6-4-3-5-7-12)13-8-10-14(18)11-9-13;;;/h6-14,18H,1-5H3,(H,23,26)(H,24,25);5-13,18H,1-4H3,(H,21,22);3-11,15H,18H2,1-2H3,(H,19,20);2*1H4;1H/p-1. The molecule has 6 aromatic rings. The highest BCUT2D eigenvalue weighted by Gasteiger charge is 2.41. The Bertz CT molecular complexity index is 2700. The number of hydrogen-bond acceptors (Lipinski definition) is 9. The predicted molar refractivity (Wildman–Crippen MR) is 300 cm³/mol. The summed E-state index contributed by atoms with van der Waals surface area (Å²) in [6.45, 7) is 17.5. The van der Waals surface area contributed by atoms with E-state index < -0.39 is 39.9 Å². The lowest BCUT2D eigenvalue weighted by atomic mass is 9.71. The third-order valence-corrected chi connectivity index (χ3v) is 12.1. The van der Waals surface area contributed by atoms with Crippen molar-refractivity contribution < 1.29 is 44.0 Å². The van der Waals surface area contributed by atoms with Gasteiger partial charge in [-0.05, 0) is 111 Å². The van der Waals surface area contributed by atoms with Crippen molar-refractivity contribution >= 4 is 59.4 Å². The van der Waals surface area contributed by atoms with E-state index in [2.05, 4.69) is 10.3 Å². The number of nitrogens with two attached hydrogens (primary N) is 1. The molecule has 1 amide bonds. The normalized spacial score (nSPS) is 12.6. The maximum Gasteiger partial charge on any atom is 0.312 e. The van der Waals surface area contributed by atoms with Gasteiger partial charge >= 0.3 is 17.9 Å². The van der Waals surface area contributed by atoms with Gasteiger partial charge in [0, 0.05) is 41.7 Å². The molecule has 0 fully saturated rings. The minimum absolute atomic E-state index is 0. The molecule has 0 aliphatic carbocycles. The zero-order chi connectivity index (χ0) is 52.7. The van der Waals surface area contributed by atoms with Crippen molar-refractivity contribution in [2.24, 2.45) is 21.2 Å². The molecule has 398 valence electrons. The fraction of sp³-hybridized carbons (Fsp3) is 0.328. The van der Waals surface area contributed by atoms with Crippen LogP contribution in [-0.2, 0) is 28.7 Å². The number of aliphatic carboxylic acids is 2. The number of carbonyl (C=O) groups excluding carboxylic acids is 2. The Kier molecular flexibility index (Phi) is 24.5. The number of nitrogens with zero attached hydrogens (tertiary/aromatic N) is 1. The smallest absolute Gasteiger partial charge is 0.312 e. The van der Waals surface area contributed by atoms with Gasteiger partial charge in [-0.15, -0.1) is 12.4 Å². The molecule has 0 heterocycles. The lowest BCUT2D eigenvalue weighted by molar-refractivity contribution is -0.259. The number of halogens is 1. The molecule has 5 N–H and O–H groups in total. The highest BCUT2D eigenvalue weighted by atomic mass is 35.5. The van der Waals surface area contributed by atoms with Gasteiger partial charge in [0.1, 0.15) is 0 Å². The minimum Gasteiger partial charge on any atom is -0.594 e. The number of aliphatic imine (C=N–C) groups is 1. The monoisotopic (exact) mass is 1030 g/mol. The Morgan fingerprint density at radius 2 is 0.838 bits per heavy atom. The van der Waals surface area contributed by atoms with Gasteiger partial charge < -0.3 is 35.8 Å². The number of carbonyl (C=O) groups is 4. The number of methoxy groups -OCH3 is 1. The van der Waals surface area contributed by atoms with Gasteiger partial charge in [-0.1, -0.05) is 163 Å². The van der Waals surface area contributed by atoms with Gasteiger partial charge in [0.2, 0.25) is 5.91 Å². The van der Waals surface area contributed by atoms with Gasteiger partial charge in [0.25, 0.3) is 0 Å². The number of anilines is 2. The first-order valence-electron chi connectivity index (χ1n) is 23.3. The van der Waals surface area contributed by atoms with Crippen LogP contribution in [0.25, 0.3) is 0 Å². The molecule has 0 saturated heterocycles. The molecular weight excluding hydrogens is 954 g/mol. The van der Waals surface area contributed by atoms with Crippen LogP contribution >= 0.6 is 12.4 Å². The van der Waals surface area contributed by atoms with E-state index in [0.29, 0.717) is 11.4 Å². The quantitative estimate of drug-likeness (QED) is 0.0352. The van der Waals surface area contributed by atoms with Crippen LogP contribution in [0.15, 0.2) is 169 Å². The zero-order valence-corrected chi connectivity index (χ0v) is 43.8. The van der Waals surface area contributed by atoms with Gasteiger partial charge in [-0.3, -0.25) is 19.2 Å². The molecule has 0 radical (unpaired) electrons. The van der Waals surface area contributed by atoms with Gasteiger partial charge in [-0.25, -0.2) is 4.99 Å². The van der Waals surface area contributed by atoms with Crippen LogP contribution in [0.1, 0.15) is 135 Å². The summed E-state index contributed by atoms with van der Waals surface area (Å²) in [6.07, 6.45) is -0.652. The van der Waals surface area contributed by atoms with Crippen molar-refractivity contribution in [2.75, 3.05) is 18.2 Å². The number of carboxylic acid groups (broad SMARTS) is 2. The van der Waals surface area contributed by atoms with Crippen molar-refractivity contribution in [2.45, 2.75) is 107 Å². The SMILES string of the molecule is C.C.CC(C)(C(=O)O)C(c1ccccc1)c1ccc(N)cc1.CC(C)(C)OC([O-])=Nc1ccc(C(c2ccccc2)C(C)(C)C(=O)O)cc1.COC(=O)C(C)(C)C(c1ccccc1)c1ccc(NC(C)=O)cc1.Cl. The van der Waals surface area contributed by atoms with E-state index in [1.807, 2.05) is 166 Å². The number of nitrogen functional groups attached to an aromatic ring is 1. The summed E-state index contributed by atoms with van der Waals surface area (Å²) in [5, 5.41) is 33.9. The average Bonchev–Trinajstić information content (AvgIpc) is 3.31. The molecule has 6 aromatic carbocycles. The van der Waals surface area contributed by atoms with E-state index in [4.69, 9.17) is 15.2 Å². The first kappa shape index (κ1) is 64.6. The fourth-order valence-electron chi connectivity index (χ4n) is 8.42. The fourth-order valence-corrected chi connectivity index (χ4v) is 8.42. The van der Waals surface area contributed by atoms with Gasteiger partial charge in [0.05, 0.1) is 29.0 Å². The molecule has 0 aliphatic heterocycles. The summed E-state index contributed by atoms with van der Waals surface area (Å²) in [5.74, 6) is -2.78. The molecule has 0 spiro atoms. The molecule has 0 saturated carbocycles. The molecular formula is C61H77ClN3O9-. The summed E-state index contributed by atoms with van der Waals surface area (Å²) >= 11 is 0. The Labute approximate surface area is 445 Å². The average molecular weight is 1030 g/mol. The van der Waals surface area contributed by atoms with Crippen molar-refractivity contribution in [1.82, 2.24) is 0 Å². The number of benzene rings is 6. The first-order valence-corrected chi connectivity index (χ1v) is 23.3. The predicted octanol–water partition coefficient (Wildman–Crippen LogP) is 13.3. The summed E-state index contributed by atoms with van der Waals surface area (Å²) in [6, 6.07) is 51.2. The highest BCUT2D eigenvalue weighted by molar-refractivity contribution is 5.88. The maximum absolute atomic E-state index is 12.4. The number of rotatable bonds is 14. The second-order valence-corrected chi connectivity index (χ2v) is 20.0. The van der Waals surface area contributed by atoms with E-state index in [-0.39, 0.29) is 56.9 Å². The molecule has 0 aliphatic rings. The van der Waals surface area contributed by atoms with Crippen molar-refractivity contribution in [3.8, 4) is 0 Å². The van der Waals surface area contributed by atoms with Crippen LogP contribution < -0.4 is 16.2 Å². The molecule has 12 nitrogen and oxygen atoms in total. The maximum atomic E-state index is 12.4. The molecule has 0 aromatic heterocycles. The van der Waals surface area contributed by atoms with E-state index in [9.17, 15) is 34.5 Å². The lowest BCUT2D eigenvalue weighted by Crippen LogP contribution is -2.33.